The van der Waals surface area contributed by atoms with Crippen LogP contribution in [0.25, 0.3) is 22.0 Å². The maximum absolute atomic E-state index is 14.1. The second kappa shape index (κ2) is 6.71. The fraction of sp³-hybridized carbons (Fsp3) is 0. The molecule has 0 atom stereocenters. The minimum atomic E-state index is -0.885. The number of nitrogens with two attached hydrogens (primary N) is 2. The molecule has 0 unspecified atom stereocenters. The third-order valence-electron chi connectivity index (χ3n) is 4.36. The SMILES string of the molecule is NNc1ccc(-c2c[nH]c(=O)c3[nH]ccc23)c(Oc2ccc(F)cc2F)c1N. The van der Waals surface area contributed by atoms with Crippen molar-refractivity contribution in [2.24, 2.45) is 5.84 Å². The predicted molar refractivity (Wildman–Crippen MR) is 103 cm³/mol. The van der Waals surface area contributed by atoms with E-state index in [1.807, 2.05) is 0 Å². The Labute approximate surface area is 156 Å². The Morgan fingerprint density at radius 3 is 2.61 bits per heavy atom. The largest absolute Gasteiger partial charge is 0.451 e. The van der Waals surface area contributed by atoms with Gasteiger partial charge in [-0.15, -0.1) is 0 Å². The molecule has 2 aromatic carbocycles. The van der Waals surface area contributed by atoms with Crippen molar-refractivity contribution in [2.75, 3.05) is 11.2 Å². The molecule has 9 heteroatoms. The first-order chi connectivity index (χ1) is 13.5. The number of benzene rings is 2. The lowest BCUT2D eigenvalue weighted by atomic mass is 10.0. The van der Waals surface area contributed by atoms with Crippen LogP contribution in [0.3, 0.4) is 0 Å². The molecule has 0 amide bonds. The first kappa shape index (κ1) is 17.6. The summed E-state index contributed by atoms with van der Waals surface area (Å²) in [4.78, 5) is 17.5. The lowest BCUT2D eigenvalue weighted by Gasteiger charge is -2.17. The molecular formula is C19H15F2N5O2. The van der Waals surface area contributed by atoms with E-state index in [-0.39, 0.29) is 22.7 Å². The molecule has 0 aliphatic heterocycles. The highest BCUT2D eigenvalue weighted by atomic mass is 19.1. The number of aromatic amines is 2. The van der Waals surface area contributed by atoms with Gasteiger partial charge in [-0.3, -0.25) is 10.6 Å². The van der Waals surface area contributed by atoms with Gasteiger partial charge in [0.1, 0.15) is 17.0 Å². The zero-order valence-corrected chi connectivity index (χ0v) is 14.3. The van der Waals surface area contributed by atoms with Crippen LogP contribution in [0.5, 0.6) is 11.5 Å². The molecular weight excluding hydrogens is 368 g/mol. The zero-order chi connectivity index (χ0) is 19.8. The van der Waals surface area contributed by atoms with E-state index in [2.05, 4.69) is 15.4 Å². The summed E-state index contributed by atoms with van der Waals surface area (Å²) in [5.41, 5.74) is 10.3. The van der Waals surface area contributed by atoms with Gasteiger partial charge >= 0.3 is 0 Å². The van der Waals surface area contributed by atoms with Crippen LogP contribution in [0.15, 0.2) is 53.6 Å². The van der Waals surface area contributed by atoms with Gasteiger partial charge in [0.15, 0.2) is 17.3 Å². The summed E-state index contributed by atoms with van der Waals surface area (Å²) in [6.45, 7) is 0. The van der Waals surface area contributed by atoms with Crippen LogP contribution < -0.4 is 27.3 Å². The molecule has 0 spiro atoms. The van der Waals surface area contributed by atoms with Gasteiger partial charge in [0.25, 0.3) is 5.56 Å². The molecule has 4 rings (SSSR count). The van der Waals surface area contributed by atoms with Gasteiger partial charge in [0.2, 0.25) is 0 Å². The number of ether oxygens (including phenoxy) is 1. The Kier molecular flexibility index (Phi) is 4.21. The summed E-state index contributed by atoms with van der Waals surface area (Å²) < 4.78 is 33.1. The average Bonchev–Trinajstić information content (AvgIpc) is 3.17. The number of hydrazine groups is 1. The van der Waals surface area contributed by atoms with Crippen LogP contribution in [0, 0.1) is 11.6 Å². The number of rotatable bonds is 4. The van der Waals surface area contributed by atoms with Crippen LogP contribution in [0.2, 0.25) is 0 Å². The normalized spacial score (nSPS) is 11.0. The van der Waals surface area contributed by atoms with Crippen molar-refractivity contribution in [1.82, 2.24) is 9.97 Å². The molecule has 142 valence electrons. The smallest absolute Gasteiger partial charge is 0.272 e. The summed E-state index contributed by atoms with van der Waals surface area (Å²) in [5, 5.41) is 0.626. The number of nitrogen functional groups attached to an aromatic ring is 2. The van der Waals surface area contributed by atoms with Crippen LogP contribution in [0.4, 0.5) is 20.2 Å². The highest BCUT2D eigenvalue weighted by Gasteiger charge is 2.19. The van der Waals surface area contributed by atoms with E-state index in [1.54, 1.807) is 24.4 Å². The van der Waals surface area contributed by atoms with Crippen molar-refractivity contribution >= 4 is 22.3 Å². The molecule has 0 bridgehead atoms. The minimum absolute atomic E-state index is 0.107. The van der Waals surface area contributed by atoms with Crippen LogP contribution >= 0.6 is 0 Å². The fourth-order valence-corrected chi connectivity index (χ4v) is 3.01. The maximum Gasteiger partial charge on any atom is 0.272 e. The molecule has 0 fully saturated rings. The van der Waals surface area contributed by atoms with Gasteiger partial charge in [-0.25, -0.2) is 8.78 Å². The second-order valence-electron chi connectivity index (χ2n) is 6.02. The Morgan fingerprint density at radius 2 is 1.86 bits per heavy atom. The molecule has 2 heterocycles. The molecule has 0 saturated heterocycles. The molecule has 28 heavy (non-hydrogen) atoms. The van der Waals surface area contributed by atoms with Gasteiger partial charge in [-0.1, -0.05) is 0 Å². The Hall–Kier alpha value is -3.85. The summed E-state index contributed by atoms with van der Waals surface area (Å²) in [6, 6.07) is 7.97. The highest BCUT2D eigenvalue weighted by Crippen LogP contribution is 2.43. The minimum Gasteiger partial charge on any atom is -0.451 e. The number of hydrogen-bond acceptors (Lipinski definition) is 5. The van der Waals surface area contributed by atoms with Crippen molar-refractivity contribution in [3.63, 3.8) is 0 Å². The zero-order valence-electron chi connectivity index (χ0n) is 14.3. The number of H-pyrrole nitrogens is 2. The van der Waals surface area contributed by atoms with Crippen molar-refractivity contribution in [1.29, 1.82) is 0 Å². The number of aromatic nitrogens is 2. The summed E-state index contributed by atoms with van der Waals surface area (Å²) >= 11 is 0. The van der Waals surface area contributed by atoms with Crippen molar-refractivity contribution in [2.45, 2.75) is 0 Å². The van der Waals surface area contributed by atoms with Gasteiger partial charge < -0.3 is 25.9 Å². The number of nitrogens with one attached hydrogen (secondary N) is 3. The first-order valence-corrected chi connectivity index (χ1v) is 8.20. The summed E-state index contributed by atoms with van der Waals surface area (Å²) in [5.74, 6) is 3.76. The van der Waals surface area contributed by atoms with E-state index < -0.39 is 11.6 Å². The number of fused-ring (bicyclic) bond motifs is 1. The van der Waals surface area contributed by atoms with E-state index in [4.69, 9.17) is 16.3 Å². The lowest BCUT2D eigenvalue weighted by Crippen LogP contribution is -2.10. The van der Waals surface area contributed by atoms with Gasteiger partial charge in [-0.2, -0.15) is 0 Å². The molecule has 7 N–H and O–H groups in total. The van der Waals surface area contributed by atoms with E-state index in [1.165, 1.54) is 6.20 Å². The number of hydrogen-bond donors (Lipinski definition) is 5. The monoisotopic (exact) mass is 383 g/mol. The Morgan fingerprint density at radius 1 is 1.04 bits per heavy atom. The van der Waals surface area contributed by atoms with Crippen molar-refractivity contribution < 1.29 is 13.5 Å². The van der Waals surface area contributed by atoms with Gasteiger partial charge in [-0.05, 0) is 30.3 Å². The highest BCUT2D eigenvalue weighted by molar-refractivity contribution is 5.98. The molecule has 2 aromatic heterocycles. The van der Waals surface area contributed by atoms with Crippen molar-refractivity contribution in [3.05, 3.63) is 70.8 Å². The van der Waals surface area contributed by atoms with Gasteiger partial charge in [0, 0.05) is 35.0 Å². The van der Waals surface area contributed by atoms with Crippen LogP contribution in [-0.4, -0.2) is 9.97 Å². The summed E-state index contributed by atoms with van der Waals surface area (Å²) in [7, 11) is 0. The number of anilines is 2. The molecule has 7 nitrogen and oxygen atoms in total. The number of pyridine rings is 1. The molecule has 4 aromatic rings. The lowest BCUT2D eigenvalue weighted by molar-refractivity contribution is 0.441. The van der Waals surface area contributed by atoms with E-state index in [0.717, 1.165) is 12.1 Å². The molecule has 0 saturated carbocycles. The van der Waals surface area contributed by atoms with Crippen LogP contribution in [0.1, 0.15) is 0 Å². The summed E-state index contributed by atoms with van der Waals surface area (Å²) in [6.07, 6.45) is 3.14. The Bertz CT molecular complexity index is 1250. The standard InChI is InChI=1S/C19H15F2N5O2/c20-9-1-4-15(13(21)7-9)28-18-11(2-3-14(26-23)16(18)22)12-8-25-19(27)17-10(12)5-6-24-17/h1-8,24,26H,22-23H2,(H,25,27). The third kappa shape index (κ3) is 2.83. The topological polar surface area (TPSA) is 122 Å². The van der Waals surface area contributed by atoms with Crippen molar-refractivity contribution in [3.8, 4) is 22.6 Å². The predicted octanol–water partition coefficient (Wildman–Crippen LogP) is 3.46. The van der Waals surface area contributed by atoms with E-state index >= 15 is 0 Å². The Balaban J connectivity index is 1.95. The quantitative estimate of drug-likeness (QED) is 0.210. The molecule has 0 aliphatic carbocycles. The molecule has 0 radical (unpaired) electrons. The second-order valence-corrected chi connectivity index (χ2v) is 6.02. The maximum atomic E-state index is 14.1. The average molecular weight is 383 g/mol. The van der Waals surface area contributed by atoms with Gasteiger partial charge in [0.05, 0.1) is 5.69 Å². The van der Waals surface area contributed by atoms with E-state index in [0.29, 0.717) is 33.8 Å². The fourth-order valence-electron chi connectivity index (χ4n) is 3.01. The molecule has 0 aliphatic rings. The third-order valence-corrected chi connectivity index (χ3v) is 4.36. The first-order valence-electron chi connectivity index (χ1n) is 8.20. The van der Waals surface area contributed by atoms with E-state index in [9.17, 15) is 13.6 Å². The van der Waals surface area contributed by atoms with Crippen LogP contribution in [-0.2, 0) is 0 Å². The number of halogens is 2.